The van der Waals surface area contributed by atoms with Crippen molar-refractivity contribution in [1.82, 2.24) is 5.32 Å². The van der Waals surface area contributed by atoms with Gasteiger partial charge >= 0.3 is 17.9 Å². The van der Waals surface area contributed by atoms with E-state index in [1.807, 2.05) is 0 Å². The predicted octanol–water partition coefficient (Wildman–Crippen LogP) is -1.80. The second kappa shape index (κ2) is 13.0. The Bertz CT molecular complexity index is 462. The van der Waals surface area contributed by atoms with E-state index in [4.69, 9.17) is 19.7 Å². The molecule has 0 atom stereocenters. The summed E-state index contributed by atoms with van der Waals surface area (Å²) in [6.45, 7) is -0.651. The third-order valence-corrected chi connectivity index (χ3v) is 2.31. The molecule has 11 nitrogen and oxygen atoms in total. The monoisotopic (exact) mass is 349 g/mol. The fourth-order valence-corrected chi connectivity index (χ4v) is 1.26. The molecular weight excluding hydrogens is 330 g/mol. The van der Waals surface area contributed by atoms with Gasteiger partial charge in [0.05, 0.1) is 19.6 Å². The summed E-state index contributed by atoms with van der Waals surface area (Å²) < 4.78 is 14.3. The highest BCUT2D eigenvalue weighted by molar-refractivity contribution is 6.32. The number of carbonyl (C=O) groups excluding carboxylic acids is 3. The van der Waals surface area contributed by atoms with Crippen LogP contribution >= 0.6 is 0 Å². The van der Waals surface area contributed by atoms with Crippen molar-refractivity contribution in [2.75, 3.05) is 39.6 Å². The Balaban J connectivity index is 3.45. The molecule has 1 amide bonds. The highest BCUT2D eigenvalue weighted by Crippen LogP contribution is 1.95. The minimum Gasteiger partial charge on any atom is -0.480 e. The molecule has 3 N–H and O–H groups in total. The number of Topliss-reactive ketones (excluding diaryl/α,β-unsaturated/α-hetero) is 1. The molecule has 136 valence electrons. The zero-order valence-corrected chi connectivity index (χ0v) is 12.8. The first-order chi connectivity index (χ1) is 11.3. The summed E-state index contributed by atoms with van der Waals surface area (Å²) in [7, 11) is 0. The molecule has 0 rings (SSSR count). The van der Waals surface area contributed by atoms with Gasteiger partial charge in [-0.15, -0.1) is 0 Å². The maximum Gasteiger partial charge on any atom is 0.372 e. The van der Waals surface area contributed by atoms with E-state index in [1.165, 1.54) is 0 Å². The molecule has 0 aliphatic rings. The number of hydrogen-bond acceptors (Lipinski definition) is 8. The fourth-order valence-electron chi connectivity index (χ4n) is 1.26. The zero-order valence-electron chi connectivity index (χ0n) is 12.8. The van der Waals surface area contributed by atoms with Crippen LogP contribution in [0.2, 0.25) is 0 Å². The fraction of sp³-hybridized carbons (Fsp3) is 0.615. The van der Waals surface area contributed by atoms with E-state index in [1.54, 1.807) is 0 Å². The second-order valence-electron chi connectivity index (χ2n) is 4.30. The third kappa shape index (κ3) is 13.2. The van der Waals surface area contributed by atoms with Crippen molar-refractivity contribution in [3.8, 4) is 0 Å². The number of carboxylic acids is 2. The van der Waals surface area contributed by atoms with Crippen LogP contribution in [0.15, 0.2) is 0 Å². The van der Waals surface area contributed by atoms with Gasteiger partial charge in [0.15, 0.2) is 0 Å². The van der Waals surface area contributed by atoms with Gasteiger partial charge in [-0.3, -0.25) is 14.4 Å². The third-order valence-electron chi connectivity index (χ3n) is 2.31. The molecule has 0 unspecified atom stereocenters. The van der Waals surface area contributed by atoms with Crippen LogP contribution < -0.4 is 5.32 Å². The van der Waals surface area contributed by atoms with Crippen molar-refractivity contribution >= 4 is 29.6 Å². The number of ketones is 1. The molecule has 0 saturated heterocycles. The maximum absolute atomic E-state index is 11.2. The van der Waals surface area contributed by atoms with Crippen molar-refractivity contribution in [2.45, 2.75) is 12.8 Å². The Labute approximate surface area is 136 Å². The van der Waals surface area contributed by atoms with Crippen molar-refractivity contribution in [2.24, 2.45) is 0 Å². The van der Waals surface area contributed by atoms with Gasteiger partial charge in [-0.2, -0.15) is 0 Å². The van der Waals surface area contributed by atoms with E-state index in [2.05, 4.69) is 10.1 Å². The molecule has 0 aromatic heterocycles. The first kappa shape index (κ1) is 21.5. The highest BCUT2D eigenvalue weighted by Gasteiger charge is 2.14. The molecule has 11 heteroatoms. The number of amides is 1. The Kier molecular flexibility index (Phi) is 11.6. The minimum atomic E-state index is -1.60. The average molecular weight is 349 g/mol. The molecule has 0 aromatic carbocycles. The lowest BCUT2D eigenvalue weighted by molar-refractivity contribution is -0.151. The van der Waals surface area contributed by atoms with Gasteiger partial charge < -0.3 is 29.7 Å². The number of esters is 1. The first-order valence-electron chi connectivity index (χ1n) is 6.88. The van der Waals surface area contributed by atoms with E-state index >= 15 is 0 Å². The Hall–Kier alpha value is -2.53. The van der Waals surface area contributed by atoms with Gasteiger partial charge in [0.2, 0.25) is 11.7 Å². The summed E-state index contributed by atoms with van der Waals surface area (Å²) in [5.41, 5.74) is 0. The number of hydrogen-bond donors (Lipinski definition) is 3. The topological polar surface area (TPSA) is 166 Å². The van der Waals surface area contributed by atoms with Crippen LogP contribution in [0, 0.1) is 0 Å². The lowest BCUT2D eigenvalue weighted by Gasteiger charge is -2.07. The molecule has 0 radical (unpaired) electrons. The molecule has 0 heterocycles. The molecule has 0 saturated carbocycles. The smallest absolute Gasteiger partial charge is 0.372 e. The van der Waals surface area contributed by atoms with E-state index in [0.717, 1.165) is 0 Å². The van der Waals surface area contributed by atoms with Crippen LogP contribution in [0.5, 0.6) is 0 Å². The average Bonchev–Trinajstić information content (AvgIpc) is 2.51. The van der Waals surface area contributed by atoms with E-state index in [0.29, 0.717) is 0 Å². The molecular formula is C13H19NO10. The highest BCUT2D eigenvalue weighted by atomic mass is 16.6. The summed E-state index contributed by atoms with van der Waals surface area (Å²) in [6, 6.07) is 0. The summed E-state index contributed by atoms with van der Waals surface area (Å²) in [4.78, 5) is 53.4. The number of aliphatic carboxylic acids is 2. The second-order valence-corrected chi connectivity index (χ2v) is 4.30. The van der Waals surface area contributed by atoms with Crippen LogP contribution in [0.25, 0.3) is 0 Å². The van der Waals surface area contributed by atoms with Crippen LogP contribution in [0.4, 0.5) is 0 Å². The molecule has 0 bridgehead atoms. The standard InChI is InChI=1S/C13H19NO10/c15-9(13(20)21)1-2-12(19)24-6-5-22-4-3-14-10(16)7-23-8-11(17)18/h1-8H2,(H,14,16)(H,17,18)(H,20,21). The minimum absolute atomic E-state index is 0.0595. The van der Waals surface area contributed by atoms with Gasteiger partial charge in [0, 0.05) is 13.0 Å². The molecule has 0 aliphatic heterocycles. The van der Waals surface area contributed by atoms with Crippen LogP contribution in [-0.2, 0) is 38.2 Å². The Morgan fingerprint density at radius 3 is 2.17 bits per heavy atom. The normalized spacial score (nSPS) is 10.0. The van der Waals surface area contributed by atoms with Crippen molar-refractivity contribution in [3.63, 3.8) is 0 Å². The number of carbonyl (C=O) groups is 5. The van der Waals surface area contributed by atoms with Gasteiger partial charge in [-0.25, -0.2) is 9.59 Å². The quantitative estimate of drug-likeness (QED) is 0.185. The van der Waals surface area contributed by atoms with E-state index in [-0.39, 0.29) is 39.4 Å². The van der Waals surface area contributed by atoms with Gasteiger partial charge in [0.25, 0.3) is 0 Å². The van der Waals surface area contributed by atoms with Gasteiger partial charge in [-0.05, 0) is 0 Å². The Morgan fingerprint density at radius 1 is 0.833 bits per heavy atom. The van der Waals surface area contributed by atoms with E-state index in [9.17, 15) is 24.0 Å². The Morgan fingerprint density at radius 2 is 1.54 bits per heavy atom. The number of nitrogens with one attached hydrogen (secondary N) is 1. The van der Waals surface area contributed by atoms with Crippen LogP contribution in [0.1, 0.15) is 12.8 Å². The lowest BCUT2D eigenvalue weighted by Crippen LogP contribution is -2.31. The number of ether oxygens (including phenoxy) is 3. The van der Waals surface area contributed by atoms with Crippen molar-refractivity contribution in [3.05, 3.63) is 0 Å². The molecule has 0 fully saturated rings. The van der Waals surface area contributed by atoms with Crippen LogP contribution in [-0.4, -0.2) is 79.4 Å². The first-order valence-corrected chi connectivity index (χ1v) is 6.88. The molecule has 0 aliphatic carbocycles. The SMILES string of the molecule is O=C(O)COCC(=O)NCCOCCOC(=O)CCC(=O)C(=O)O. The summed E-state index contributed by atoms with van der Waals surface area (Å²) in [6.07, 6.45) is -0.747. The molecule has 0 aromatic rings. The molecule has 24 heavy (non-hydrogen) atoms. The summed E-state index contributed by atoms with van der Waals surface area (Å²) in [5, 5.41) is 19.0. The number of carboxylic acid groups (broad SMARTS) is 2. The number of rotatable bonds is 14. The van der Waals surface area contributed by atoms with Gasteiger partial charge in [-0.1, -0.05) is 0 Å². The van der Waals surface area contributed by atoms with Gasteiger partial charge in [0.1, 0.15) is 19.8 Å². The zero-order chi connectivity index (χ0) is 18.4. The largest absolute Gasteiger partial charge is 0.480 e. The summed E-state index contributed by atoms with van der Waals surface area (Å²) in [5.74, 6) is -5.03. The van der Waals surface area contributed by atoms with Crippen LogP contribution in [0.3, 0.4) is 0 Å². The molecule has 0 spiro atoms. The summed E-state index contributed by atoms with van der Waals surface area (Å²) >= 11 is 0. The van der Waals surface area contributed by atoms with Crippen molar-refractivity contribution in [1.29, 1.82) is 0 Å². The van der Waals surface area contributed by atoms with E-state index < -0.39 is 42.6 Å². The lowest BCUT2D eigenvalue weighted by atomic mass is 10.2. The predicted molar refractivity (Wildman–Crippen MR) is 75.1 cm³/mol. The maximum atomic E-state index is 11.2. The van der Waals surface area contributed by atoms with Crippen molar-refractivity contribution < 1.29 is 48.4 Å².